The molecule has 1 aromatic heterocycles. The zero-order chi connectivity index (χ0) is 20.4. The summed E-state index contributed by atoms with van der Waals surface area (Å²) >= 11 is 0. The van der Waals surface area contributed by atoms with Crippen LogP contribution in [0.2, 0.25) is 0 Å². The Kier molecular flexibility index (Phi) is 5.39. The molecule has 1 saturated carbocycles. The first-order valence-electron chi connectivity index (χ1n) is 10.5. The van der Waals surface area contributed by atoms with Crippen molar-refractivity contribution in [2.24, 2.45) is 0 Å². The molecule has 2 aliphatic rings. The lowest BCUT2D eigenvalue weighted by Gasteiger charge is -2.37. The van der Waals surface area contributed by atoms with Crippen molar-refractivity contribution in [2.45, 2.75) is 32.1 Å². The number of aromatic nitrogens is 2. The van der Waals surface area contributed by atoms with Gasteiger partial charge in [0.1, 0.15) is 5.82 Å². The van der Waals surface area contributed by atoms with Gasteiger partial charge in [0.25, 0.3) is 0 Å². The van der Waals surface area contributed by atoms with Crippen molar-refractivity contribution in [1.82, 2.24) is 15.1 Å². The van der Waals surface area contributed by atoms with Crippen molar-refractivity contribution in [3.8, 4) is 0 Å². The SMILES string of the molecule is CCN(CC)c1ccc(N2CCN(C(=O)C3(c4ccc(F)cc4)CC3)CC2)nn1. The third-order valence-electron chi connectivity index (χ3n) is 6.17. The molecule has 0 spiro atoms. The summed E-state index contributed by atoms with van der Waals surface area (Å²) in [6, 6.07) is 10.4. The molecule has 29 heavy (non-hydrogen) atoms. The number of carbonyl (C=O) groups is 1. The minimum Gasteiger partial charge on any atom is -0.356 e. The third kappa shape index (κ3) is 3.78. The molecule has 0 N–H and O–H groups in total. The van der Waals surface area contributed by atoms with Crippen molar-refractivity contribution in [3.63, 3.8) is 0 Å². The summed E-state index contributed by atoms with van der Waals surface area (Å²) in [5.74, 6) is 1.65. The highest BCUT2D eigenvalue weighted by Gasteiger charge is 2.53. The number of rotatable bonds is 6. The van der Waals surface area contributed by atoms with Crippen LogP contribution in [0.25, 0.3) is 0 Å². The lowest BCUT2D eigenvalue weighted by molar-refractivity contribution is -0.134. The van der Waals surface area contributed by atoms with Crippen molar-refractivity contribution < 1.29 is 9.18 Å². The second kappa shape index (κ2) is 7.97. The number of anilines is 2. The van der Waals surface area contributed by atoms with Crippen LogP contribution in [-0.4, -0.2) is 60.3 Å². The average molecular weight is 397 g/mol. The number of halogens is 1. The van der Waals surface area contributed by atoms with E-state index in [4.69, 9.17) is 0 Å². The minimum absolute atomic E-state index is 0.173. The van der Waals surface area contributed by atoms with E-state index in [1.54, 1.807) is 12.1 Å². The molecular weight excluding hydrogens is 369 g/mol. The van der Waals surface area contributed by atoms with Gasteiger partial charge in [0.05, 0.1) is 5.41 Å². The van der Waals surface area contributed by atoms with E-state index in [1.807, 2.05) is 17.0 Å². The normalized spacial score (nSPS) is 17.9. The second-order valence-corrected chi connectivity index (χ2v) is 7.79. The summed E-state index contributed by atoms with van der Waals surface area (Å²) in [6.07, 6.45) is 1.69. The predicted octanol–water partition coefficient (Wildman–Crippen LogP) is 2.84. The lowest BCUT2D eigenvalue weighted by atomic mass is 9.94. The number of nitrogens with zero attached hydrogens (tertiary/aromatic N) is 5. The van der Waals surface area contributed by atoms with Gasteiger partial charge in [-0.15, -0.1) is 10.2 Å². The second-order valence-electron chi connectivity index (χ2n) is 7.79. The molecule has 1 aromatic carbocycles. The minimum atomic E-state index is -0.443. The van der Waals surface area contributed by atoms with Crippen molar-refractivity contribution in [3.05, 3.63) is 47.8 Å². The molecule has 2 fully saturated rings. The van der Waals surface area contributed by atoms with E-state index in [2.05, 4.69) is 33.8 Å². The fourth-order valence-electron chi connectivity index (χ4n) is 4.16. The largest absolute Gasteiger partial charge is 0.356 e. The monoisotopic (exact) mass is 397 g/mol. The van der Waals surface area contributed by atoms with E-state index < -0.39 is 5.41 Å². The van der Waals surface area contributed by atoms with Gasteiger partial charge in [-0.1, -0.05) is 12.1 Å². The standard InChI is InChI=1S/C22H28FN5O/c1-3-26(4-2)19-9-10-20(25-24-19)27-13-15-28(16-14-27)21(29)22(11-12-22)17-5-7-18(23)8-6-17/h5-10H,3-4,11-16H2,1-2H3. The van der Waals surface area contributed by atoms with Crippen LogP contribution >= 0.6 is 0 Å². The lowest BCUT2D eigenvalue weighted by Crippen LogP contribution is -2.51. The number of benzene rings is 1. The Morgan fingerprint density at radius 3 is 2.17 bits per heavy atom. The molecule has 4 rings (SSSR count). The molecule has 7 heteroatoms. The van der Waals surface area contributed by atoms with Crippen LogP contribution < -0.4 is 9.80 Å². The third-order valence-corrected chi connectivity index (χ3v) is 6.17. The Morgan fingerprint density at radius 2 is 1.66 bits per heavy atom. The smallest absolute Gasteiger partial charge is 0.233 e. The molecule has 0 bridgehead atoms. The number of hydrogen-bond donors (Lipinski definition) is 0. The van der Waals surface area contributed by atoms with E-state index in [0.29, 0.717) is 13.1 Å². The van der Waals surface area contributed by atoms with E-state index in [9.17, 15) is 9.18 Å². The van der Waals surface area contributed by atoms with E-state index in [0.717, 1.165) is 56.2 Å². The molecule has 0 radical (unpaired) electrons. The average Bonchev–Trinajstić information content (AvgIpc) is 3.57. The summed E-state index contributed by atoms with van der Waals surface area (Å²) in [7, 11) is 0. The van der Waals surface area contributed by atoms with Crippen molar-refractivity contribution >= 4 is 17.5 Å². The van der Waals surface area contributed by atoms with Gasteiger partial charge < -0.3 is 14.7 Å². The zero-order valence-corrected chi connectivity index (χ0v) is 17.1. The maximum absolute atomic E-state index is 13.3. The molecule has 1 amide bonds. The molecule has 1 aliphatic heterocycles. The van der Waals surface area contributed by atoms with Crippen molar-refractivity contribution in [2.75, 3.05) is 49.1 Å². The highest BCUT2D eigenvalue weighted by molar-refractivity contribution is 5.91. The molecule has 0 atom stereocenters. The highest BCUT2D eigenvalue weighted by Crippen LogP contribution is 2.49. The molecule has 2 heterocycles. The van der Waals surface area contributed by atoms with Crippen LogP contribution in [0.15, 0.2) is 36.4 Å². The molecule has 154 valence electrons. The number of carbonyl (C=O) groups excluding carboxylic acids is 1. The van der Waals surface area contributed by atoms with Crippen molar-refractivity contribution in [1.29, 1.82) is 0 Å². The van der Waals surface area contributed by atoms with Crippen LogP contribution in [0.1, 0.15) is 32.3 Å². The number of hydrogen-bond acceptors (Lipinski definition) is 5. The van der Waals surface area contributed by atoms with Crippen LogP contribution in [-0.2, 0) is 10.2 Å². The van der Waals surface area contributed by atoms with Crippen LogP contribution in [0.3, 0.4) is 0 Å². The Labute approximate surface area is 171 Å². The van der Waals surface area contributed by atoms with Gasteiger partial charge in [-0.25, -0.2) is 4.39 Å². The predicted molar refractivity (Wildman–Crippen MR) is 112 cm³/mol. The van der Waals surface area contributed by atoms with Gasteiger partial charge in [-0.05, 0) is 56.5 Å². The first-order chi connectivity index (χ1) is 14.1. The maximum Gasteiger partial charge on any atom is 0.233 e. The maximum atomic E-state index is 13.3. The van der Waals surface area contributed by atoms with Crippen LogP contribution in [0.5, 0.6) is 0 Å². The first kappa shape index (κ1) is 19.6. The van der Waals surface area contributed by atoms with Gasteiger partial charge in [0, 0.05) is 39.3 Å². The van der Waals surface area contributed by atoms with Gasteiger partial charge in [0.2, 0.25) is 5.91 Å². The summed E-state index contributed by atoms with van der Waals surface area (Å²) in [6.45, 7) is 8.83. The van der Waals surface area contributed by atoms with Crippen LogP contribution in [0, 0.1) is 5.82 Å². The quantitative estimate of drug-likeness (QED) is 0.750. The number of amides is 1. The summed E-state index contributed by atoms with van der Waals surface area (Å²) in [4.78, 5) is 19.5. The van der Waals surface area contributed by atoms with Gasteiger partial charge >= 0.3 is 0 Å². The summed E-state index contributed by atoms with van der Waals surface area (Å²) < 4.78 is 13.3. The summed E-state index contributed by atoms with van der Waals surface area (Å²) in [5.41, 5.74) is 0.491. The van der Waals surface area contributed by atoms with Gasteiger partial charge in [0.15, 0.2) is 11.6 Å². The topological polar surface area (TPSA) is 52.6 Å². The van der Waals surface area contributed by atoms with Crippen LogP contribution in [0.4, 0.5) is 16.0 Å². The fourth-order valence-corrected chi connectivity index (χ4v) is 4.16. The molecule has 1 saturated heterocycles. The molecule has 6 nitrogen and oxygen atoms in total. The fraction of sp³-hybridized carbons (Fsp3) is 0.500. The Morgan fingerprint density at radius 1 is 1.00 bits per heavy atom. The van der Waals surface area contributed by atoms with Gasteiger partial charge in [-0.2, -0.15) is 0 Å². The Balaban J connectivity index is 1.38. The molecule has 2 aromatic rings. The Hall–Kier alpha value is -2.70. The zero-order valence-electron chi connectivity index (χ0n) is 17.1. The molecular formula is C22H28FN5O. The van der Waals surface area contributed by atoms with Gasteiger partial charge in [-0.3, -0.25) is 4.79 Å². The molecule has 1 aliphatic carbocycles. The first-order valence-corrected chi connectivity index (χ1v) is 10.5. The van der Waals surface area contributed by atoms with E-state index in [1.165, 1.54) is 12.1 Å². The molecule has 0 unspecified atom stereocenters. The van der Waals surface area contributed by atoms with E-state index in [-0.39, 0.29) is 11.7 Å². The number of piperazine rings is 1. The summed E-state index contributed by atoms with van der Waals surface area (Å²) in [5, 5.41) is 8.77. The Bertz CT molecular complexity index is 839. The highest BCUT2D eigenvalue weighted by atomic mass is 19.1. The van der Waals surface area contributed by atoms with E-state index >= 15 is 0 Å².